The maximum Gasteiger partial charge on any atom is 0.224 e. The van der Waals surface area contributed by atoms with E-state index in [1.165, 1.54) is 26.2 Å². The van der Waals surface area contributed by atoms with Crippen LogP contribution in [0.5, 0.6) is 5.75 Å². The average Bonchev–Trinajstić information content (AvgIpc) is 2.89. The van der Waals surface area contributed by atoms with Gasteiger partial charge in [0.05, 0.1) is 31.4 Å². The van der Waals surface area contributed by atoms with Gasteiger partial charge in [-0.05, 0) is 17.7 Å². The van der Waals surface area contributed by atoms with Gasteiger partial charge in [-0.3, -0.25) is 4.79 Å². The molecule has 2 atom stereocenters. The van der Waals surface area contributed by atoms with Gasteiger partial charge in [0.25, 0.3) is 0 Å². The van der Waals surface area contributed by atoms with Gasteiger partial charge in [0, 0.05) is 20.0 Å². The summed E-state index contributed by atoms with van der Waals surface area (Å²) in [5.41, 5.74) is 0.416. The van der Waals surface area contributed by atoms with Crippen molar-refractivity contribution in [2.75, 3.05) is 33.1 Å². The van der Waals surface area contributed by atoms with Crippen LogP contribution in [0.4, 0.5) is 4.39 Å². The van der Waals surface area contributed by atoms with E-state index in [2.05, 4.69) is 5.32 Å². The summed E-state index contributed by atoms with van der Waals surface area (Å²) in [4.78, 5) is 12.1. The first-order chi connectivity index (χ1) is 11.2. The molecule has 0 unspecified atom stereocenters. The van der Waals surface area contributed by atoms with Crippen molar-refractivity contribution >= 4 is 15.9 Å². The Balaban J connectivity index is 1.96. The number of sulfonamides is 1. The van der Waals surface area contributed by atoms with Crippen molar-refractivity contribution in [3.05, 3.63) is 29.6 Å². The molecule has 1 heterocycles. The summed E-state index contributed by atoms with van der Waals surface area (Å²) in [5.74, 6) is -2.07. The first-order valence-corrected chi connectivity index (χ1v) is 9.04. The highest BCUT2D eigenvalue weighted by molar-refractivity contribution is 7.89. The van der Waals surface area contributed by atoms with Gasteiger partial charge >= 0.3 is 0 Å². The monoisotopic (exact) mass is 360 g/mol. The molecule has 1 aliphatic rings. The van der Waals surface area contributed by atoms with Crippen LogP contribution in [0.1, 0.15) is 5.56 Å². The van der Waals surface area contributed by atoms with E-state index in [0.717, 1.165) is 10.4 Å². The molecule has 0 bridgehead atoms. The normalized spacial score (nSPS) is 21.2. The molecule has 0 radical (unpaired) electrons. The largest absolute Gasteiger partial charge is 0.505 e. The van der Waals surface area contributed by atoms with E-state index in [-0.39, 0.29) is 37.2 Å². The first-order valence-electron chi connectivity index (χ1n) is 7.43. The van der Waals surface area contributed by atoms with Gasteiger partial charge in [-0.25, -0.2) is 17.1 Å². The Kier molecular flexibility index (Phi) is 5.79. The van der Waals surface area contributed by atoms with Crippen molar-refractivity contribution < 1.29 is 27.4 Å². The fraction of sp³-hybridized carbons (Fsp3) is 0.533. The summed E-state index contributed by atoms with van der Waals surface area (Å²) in [5, 5.41) is 11.9. The van der Waals surface area contributed by atoms with Crippen molar-refractivity contribution in [1.29, 1.82) is 0 Å². The van der Waals surface area contributed by atoms with E-state index in [1.807, 2.05) is 0 Å². The van der Waals surface area contributed by atoms with Gasteiger partial charge in [-0.1, -0.05) is 6.07 Å². The van der Waals surface area contributed by atoms with Crippen molar-refractivity contribution in [2.45, 2.75) is 12.5 Å². The Morgan fingerprint density at radius 3 is 2.75 bits per heavy atom. The second kappa shape index (κ2) is 7.45. The molecule has 0 aliphatic carbocycles. The van der Waals surface area contributed by atoms with E-state index in [4.69, 9.17) is 9.84 Å². The molecular formula is C15H21FN2O5S. The quantitative estimate of drug-likeness (QED) is 0.750. The molecule has 2 rings (SSSR count). The van der Waals surface area contributed by atoms with Crippen LogP contribution in [-0.2, 0) is 26.0 Å². The Hall–Kier alpha value is -1.71. The highest BCUT2D eigenvalue weighted by Gasteiger charge is 2.34. The minimum absolute atomic E-state index is 0.0686. The molecule has 9 heteroatoms. The number of phenols is 1. The van der Waals surface area contributed by atoms with Crippen molar-refractivity contribution in [3.8, 4) is 5.75 Å². The lowest BCUT2D eigenvalue weighted by molar-refractivity contribution is -0.121. The molecule has 0 spiro atoms. The number of benzene rings is 1. The zero-order chi connectivity index (χ0) is 17.9. The highest BCUT2D eigenvalue weighted by atomic mass is 32.2. The highest BCUT2D eigenvalue weighted by Crippen LogP contribution is 2.19. The van der Waals surface area contributed by atoms with Crippen molar-refractivity contribution in [2.24, 2.45) is 5.92 Å². The maximum absolute atomic E-state index is 13.3. The molecule has 1 aromatic carbocycles. The molecule has 1 aromatic rings. The molecule has 1 saturated heterocycles. The molecule has 1 aliphatic heterocycles. The van der Waals surface area contributed by atoms with Crippen molar-refractivity contribution in [3.63, 3.8) is 0 Å². The second-order valence-corrected chi connectivity index (χ2v) is 8.22. The Labute approximate surface area is 140 Å². The predicted molar refractivity (Wildman–Crippen MR) is 85.5 cm³/mol. The minimum atomic E-state index is -3.39. The molecule has 1 amide bonds. The van der Waals surface area contributed by atoms with Gasteiger partial charge in [-0.2, -0.15) is 0 Å². The molecule has 0 saturated carbocycles. The number of aromatic hydroxyl groups is 1. The van der Waals surface area contributed by atoms with Crippen LogP contribution in [0.3, 0.4) is 0 Å². The summed E-state index contributed by atoms with van der Waals surface area (Å²) in [6, 6.07) is 3.32. The van der Waals surface area contributed by atoms with E-state index < -0.39 is 27.6 Å². The fourth-order valence-electron chi connectivity index (χ4n) is 2.45. The summed E-state index contributed by atoms with van der Waals surface area (Å²) in [6.45, 7) is 0.495. The summed E-state index contributed by atoms with van der Waals surface area (Å²) in [6.07, 6.45) is -0.0686. The molecule has 24 heavy (non-hydrogen) atoms. The van der Waals surface area contributed by atoms with Crippen molar-refractivity contribution in [1.82, 2.24) is 9.62 Å². The third-order valence-electron chi connectivity index (χ3n) is 3.90. The zero-order valence-electron chi connectivity index (χ0n) is 13.5. The van der Waals surface area contributed by atoms with Crippen LogP contribution < -0.4 is 5.32 Å². The Morgan fingerprint density at radius 2 is 2.12 bits per heavy atom. The zero-order valence-corrected chi connectivity index (χ0v) is 14.3. The standard InChI is InChI=1S/C15H21FN2O5S/c1-18(2)24(21,22)9-11-7-23-8-13(11)17-15(20)6-10-3-4-14(19)12(16)5-10/h3-5,11,13,19H,6-9H2,1-2H3,(H,17,20)/t11-,13-/m0/s1. The van der Waals surface area contributed by atoms with Crippen LogP contribution in [0.2, 0.25) is 0 Å². The molecule has 0 aromatic heterocycles. The minimum Gasteiger partial charge on any atom is -0.505 e. The lowest BCUT2D eigenvalue weighted by atomic mass is 10.1. The third kappa shape index (κ3) is 4.65. The number of amides is 1. The number of ether oxygens (including phenoxy) is 1. The van der Waals surface area contributed by atoms with Crippen LogP contribution in [0, 0.1) is 11.7 Å². The van der Waals surface area contributed by atoms with E-state index in [1.54, 1.807) is 0 Å². The lowest BCUT2D eigenvalue weighted by Crippen LogP contribution is -2.44. The van der Waals surface area contributed by atoms with Gasteiger partial charge in [0.15, 0.2) is 11.6 Å². The van der Waals surface area contributed by atoms with Gasteiger partial charge in [0.1, 0.15) is 0 Å². The number of nitrogens with zero attached hydrogens (tertiary/aromatic N) is 1. The van der Waals surface area contributed by atoms with Gasteiger partial charge in [0.2, 0.25) is 15.9 Å². The number of halogens is 1. The van der Waals surface area contributed by atoms with E-state index >= 15 is 0 Å². The van der Waals surface area contributed by atoms with E-state index in [0.29, 0.717) is 5.56 Å². The van der Waals surface area contributed by atoms with Crippen LogP contribution in [0.25, 0.3) is 0 Å². The first kappa shape index (κ1) is 18.6. The summed E-state index contributed by atoms with van der Waals surface area (Å²) in [7, 11) is -0.482. The van der Waals surface area contributed by atoms with Crippen LogP contribution >= 0.6 is 0 Å². The molecule has 134 valence electrons. The van der Waals surface area contributed by atoms with Crippen LogP contribution in [-0.4, -0.2) is 62.8 Å². The second-order valence-electron chi connectivity index (χ2n) is 6.00. The molecular weight excluding hydrogens is 339 g/mol. The lowest BCUT2D eigenvalue weighted by Gasteiger charge is -2.21. The molecule has 7 nitrogen and oxygen atoms in total. The summed E-state index contributed by atoms with van der Waals surface area (Å²) >= 11 is 0. The predicted octanol–water partition coefficient (Wildman–Crippen LogP) is 0.0964. The average molecular weight is 360 g/mol. The van der Waals surface area contributed by atoms with Crippen LogP contribution in [0.15, 0.2) is 18.2 Å². The number of hydrogen-bond donors (Lipinski definition) is 2. The number of carbonyl (C=O) groups is 1. The molecule has 1 fully saturated rings. The fourth-order valence-corrected chi connectivity index (χ4v) is 3.61. The van der Waals surface area contributed by atoms with E-state index in [9.17, 15) is 17.6 Å². The number of phenolic OH excluding ortho intramolecular Hbond substituents is 1. The molecule has 2 N–H and O–H groups in total. The number of hydrogen-bond acceptors (Lipinski definition) is 5. The third-order valence-corrected chi connectivity index (χ3v) is 5.86. The number of nitrogens with one attached hydrogen (secondary N) is 1. The Bertz CT molecular complexity index is 708. The number of carbonyl (C=O) groups excluding carboxylic acids is 1. The Morgan fingerprint density at radius 1 is 1.42 bits per heavy atom. The van der Waals surface area contributed by atoms with Gasteiger partial charge in [-0.15, -0.1) is 0 Å². The summed E-state index contributed by atoms with van der Waals surface area (Å²) < 4.78 is 43.7. The topological polar surface area (TPSA) is 95.9 Å². The maximum atomic E-state index is 13.3. The van der Waals surface area contributed by atoms with Gasteiger partial charge < -0.3 is 15.2 Å². The smallest absolute Gasteiger partial charge is 0.224 e. The number of rotatable bonds is 6. The SMILES string of the molecule is CN(C)S(=O)(=O)C[C@@H]1COC[C@@H]1NC(=O)Cc1ccc(O)c(F)c1.